The second-order valence-electron chi connectivity index (χ2n) is 5.64. The van der Waals surface area contributed by atoms with Crippen LogP contribution >= 0.6 is 24.0 Å². The number of guanidine groups is 1. The van der Waals surface area contributed by atoms with Gasteiger partial charge in [-0.2, -0.15) is 5.10 Å². The van der Waals surface area contributed by atoms with Crippen molar-refractivity contribution in [2.24, 2.45) is 12.0 Å². The Morgan fingerprint density at radius 1 is 1.25 bits per heavy atom. The van der Waals surface area contributed by atoms with Crippen LogP contribution in [0, 0.1) is 0 Å². The molecule has 0 spiro atoms. The van der Waals surface area contributed by atoms with Gasteiger partial charge in [0.2, 0.25) is 0 Å². The van der Waals surface area contributed by atoms with Gasteiger partial charge in [0.15, 0.2) is 5.96 Å². The fraction of sp³-hybridized carbons (Fsp3) is 0.333. The van der Waals surface area contributed by atoms with Crippen LogP contribution in [0.5, 0.6) is 0 Å². The van der Waals surface area contributed by atoms with E-state index in [2.05, 4.69) is 56.7 Å². The van der Waals surface area contributed by atoms with Crippen LogP contribution in [-0.2, 0) is 13.6 Å². The first-order valence-electron chi connectivity index (χ1n) is 7.95. The van der Waals surface area contributed by atoms with E-state index in [-0.39, 0.29) is 24.0 Å². The molecule has 0 bridgehead atoms. The van der Waals surface area contributed by atoms with Gasteiger partial charge < -0.3 is 10.2 Å². The van der Waals surface area contributed by atoms with Crippen molar-refractivity contribution < 1.29 is 0 Å². The number of aromatic nitrogens is 2. The zero-order valence-electron chi connectivity index (χ0n) is 14.1. The van der Waals surface area contributed by atoms with Crippen molar-refractivity contribution in [1.82, 2.24) is 20.0 Å². The van der Waals surface area contributed by atoms with E-state index in [1.54, 1.807) is 0 Å². The molecule has 0 saturated heterocycles. The molecule has 0 unspecified atom stereocenters. The smallest absolute Gasteiger partial charge is 0.194 e. The van der Waals surface area contributed by atoms with Crippen molar-refractivity contribution in [3.05, 3.63) is 59.9 Å². The third-order valence-electron chi connectivity index (χ3n) is 4.22. The van der Waals surface area contributed by atoms with Crippen LogP contribution in [0.3, 0.4) is 0 Å². The lowest BCUT2D eigenvalue weighted by molar-refractivity contribution is 0.438. The van der Waals surface area contributed by atoms with Crippen LogP contribution in [0.1, 0.15) is 17.7 Å². The maximum Gasteiger partial charge on any atom is 0.194 e. The van der Waals surface area contributed by atoms with Gasteiger partial charge in [0.25, 0.3) is 0 Å². The third-order valence-corrected chi connectivity index (χ3v) is 4.22. The summed E-state index contributed by atoms with van der Waals surface area (Å²) in [6.45, 7) is 2.59. The average Bonchev–Trinajstić information content (AvgIpc) is 3.02. The van der Waals surface area contributed by atoms with Crippen molar-refractivity contribution in [2.75, 3.05) is 20.1 Å². The van der Waals surface area contributed by atoms with Crippen LogP contribution in [0.25, 0.3) is 5.57 Å². The summed E-state index contributed by atoms with van der Waals surface area (Å²) in [5.74, 6) is 0.939. The Hall–Kier alpha value is -1.83. The Labute approximate surface area is 160 Å². The lowest BCUT2D eigenvalue weighted by Crippen LogP contribution is -2.43. The molecule has 128 valence electrons. The molecule has 6 heteroatoms. The molecule has 0 saturated carbocycles. The van der Waals surface area contributed by atoms with E-state index in [1.165, 1.54) is 11.1 Å². The van der Waals surface area contributed by atoms with Gasteiger partial charge in [-0.25, -0.2) is 0 Å². The summed E-state index contributed by atoms with van der Waals surface area (Å²) in [5.41, 5.74) is 3.89. The first kappa shape index (κ1) is 18.5. The zero-order chi connectivity index (χ0) is 16.1. The molecular weight excluding hydrogens is 413 g/mol. The molecule has 0 atom stereocenters. The maximum absolute atomic E-state index is 4.41. The Bertz CT molecular complexity index is 705. The number of aliphatic imine (C=N–C) groups is 1. The molecule has 24 heavy (non-hydrogen) atoms. The number of hydrogen-bond acceptors (Lipinski definition) is 2. The molecule has 0 amide bonds. The van der Waals surface area contributed by atoms with Crippen molar-refractivity contribution in [3.8, 4) is 0 Å². The molecular formula is C18H24IN5. The van der Waals surface area contributed by atoms with E-state index in [9.17, 15) is 0 Å². The Balaban J connectivity index is 0.00000208. The first-order valence-corrected chi connectivity index (χ1v) is 7.95. The van der Waals surface area contributed by atoms with Crippen molar-refractivity contribution in [3.63, 3.8) is 0 Å². The Morgan fingerprint density at radius 2 is 2.04 bits per heavy atom. The number of halogens is 1. The van der Waals surface area contributed by atoms with Crippen molar-refractivity contribution in [1.29, 1.82) is 0 Å². The van der Waals surface area contributed by atoms with Crippen LogP contribution in [0.2, 0.25) is 0 Å². The Kier molecular flexibility index (Phi) is 6.84. The topological polar surface area (TPSA) is 45.5 Å². The highest BCUT2D eigenvalue weighted by Crippen LogP contribution is 2.21. The fourth-order valence-corrected chi connectivity index (χ4v) is 2.85. The zero-order valence-corrected chi connectivity index (χ0v) is 16.5. The van der Waals surface area contributed by atoms with E-state index in [1.807, 2.05) is 31.0 Å². The monoisotopic (exact) mass is 437 g/mol. The summed E-state index contributed by atoms with van der Waals surface area (Å²) in [5, 5.41) is 7.61. The highest BCUT2D eigenvalue weighted by molar-refractivity contribution is 14.0. The molecule has 0 fully saturated rings. The SMILES string of the molecule is CN=C(NCc1ccnn1C)N1CC=C(c2ccccc2)CC1.I. The average molecular weight is 437 g/mol. The molecule has 5 nitrogen and oxygen atoms in total. The summed E-state index contributed by atoms with van der Waals surface area (Å²) in [6.07, 6.45) is 5.15. The lowest BCUT2D eigenvalue weighted by atomic mass is 10.00. The molecule has 1 aromatic carbocycles. The predicted molar refractivity (Wildman–Crippen MR) is 109 cm³/mol. The molecule has 1 aromatic heterocycles. The van der Waals surface area contributed by atoms with Crippen LogP contribution in [-0.4, -0.2) is 40.8 Å². The molecule has 3 rings (SSSR count). The van der Waals surface area contributed by atoms with E-state index in [4.69, 9.17) is 0 Å². The van der Waals surface area contributed by atoms with Crippen LogP contribution < -0.4 is 5.32 Å². The quantitative estimate of drug-likeness (QED) is 0.457. The number of hydrogen-bond donors (Lipinski definition) is 1. The Morgan fingerprint density at radius 3 is 2.62 bits per heavy atom. The summed E-state index contributed by atoms with van der Waals surface area (Å²) >= 11 is 0. The van der Waals surface area contributed by atoms with Gasteiger partial charge in [0, 0.05) is 33.4 Å². The maximum atomic E-state index is 4.41. The molecule has 1 N–H and O–H groups in total. The van der Waals surface area contributed by atoms with Gasteiger partial charge in [-0.15, -0.1) is 24.0 Å². The second-order valence-corrected chi connectivity index (χ2v) is 5.64. The summed E-state index contributed by atoms with van der Waals surface area (Å²) < 4.78 is 1.88. The minimum atomic E-state index is 0. The van der Waals surface area contributed by atoms with E-state index in [0.29, 0.717) is 0 Å². The summed E-state index contributed by atoms with van der Waals surface area (Å²) in [7, 11) is 3.79. The standard InChI is InChI=1S/C18H23N5.HI/c1-19-18(20-14-17-8-11-21-22(17)2)23-12-9-16(10-13-23)15-6-4-3-5-7-15;/h3-9,11H,10,12-14H2,1-2H3,(H,19,20);1H. The van der Waals surface area contributed by atoms with Gasteiger partial charge in [0.1, 0.15) is 0 Å². The number of nitrogens with zero attached hydrogens (tertiary/aromatic N) is 4. The van der Waals surface area contributed by atoms with E-state index >= 15 is 0 Å². The van der Waals surface area contributed by atoms with E-state index in [0.717, 1.165) is 37.7 Å². The highest BCUT2D eigenvalue weighted by atomic mass is 127. The summed E-state index contributed by atoms with van der Waals surface area (Å²) in [6, 6.07) is 12.6. The molecule has 1 aliphatic heterocycles. The van der Waals surface area contributed by atoms with Gasteiger partial charge >= 0.3 is 0 Å². The number of rotatable bonds is 3. The normalized spacial score (nSPS) is 14.8. The van der Waals surface area contributed by atoms with Crippen molar-refractivity contribution in [2.45, 2.75) is 13.0 Å². The number of nitrogens with one attached hydrogen (secondary N) is 1. The minimum absolute atomic E-state index is 0. The molecule has 2 heterocycles. The van der Waals surface area contributed by atoms with Gasteiger partial charge in [-0.05, 0) is 23.6 Å². The number of aryl methyl sites for hydroxylation is 1. The fourth-order valence-electron chi connectivity index (χ4n) is 2.85. The molecule has 0 aliphatic carbocycles. The lowest BCUT2D eigenvalue weighted by Gasteiger charge is -2.29. The largest absolute Gasteiger partial charge is 0.351 e. The summed E-state index contributed by atoms with van der Waals surface area (Å²) in [4.78, 5) is 6.69. The van der Waals surface area contributed by atoms with Crippen molar-refractivity contribution >= 4 is 35.5 Å². The van der Waals surface area contributed by atoms with Crippen LogP contribution in [0.15, 0.2) is 53.7 Å². The first-order chi connectivity index (χ1) is 11.3. The molecule has 0 radical (unpaired) electrons. The highest BCUT2D eigenvalue weighted by Gasteiger charge is 2.16. The molecule has 2 aromatic rings. The predicted octanol–water partition coefficient (Wildman–Crippen LogP) is 2.90. The molecule has 1 aliphatic rings. The van der Waals surface area contributed by atoms with Gasteiger partial charge in [-0.1, -0.05) is 36.4 Å². The minimum Gasteiger partial charge on any atom is -0.351 e. The van der Waals surface area contributed by atoms with Gasteiger partial charge in [0.05, 0.1) is 12.2 Å². The van der Waals surface area contributed by atoms with E-state index < -0.39 is 0 Å². The third kappa shape index (κ3) is 4.37. The van der Waals surface area contributed by atoms with Gasteiger partial charge in [-0.3, -0.25) is 9.67 Å². The number of benzene rings is 1. The second kappa shape index (κ2) is 8.86. The van der Waals surface area contributed by atoms with Crippen LogP contribution in [0.4, 0.5) is 0 Å².